The first-order valence-corrected chi connectivity index (χ1v) is 12.6. The summed E-state index contributed by atoms with van der Waals surface area (Å²) in [5, 5.41) is 27.3. The van der Waals surface area contributed by atoms with Crippen LogP contribution in [0.3, 0.4) is 0 Å². The first-order chi connectivity index (χ1) is 17.9. The molecule has 0 aromatic heterocycles. The number of hydrogen-bond donors (Lipinski definition) is 2. The molecular formula is C27H24N4O5S. The van der Waals surface area contributed by atoms with Gasteiger partial charge in [0.1, 0.15) is 29.3 Å². The largest absolute Gasteiger partial charge is 0.387 e. The van der Waals surface area contributed by atoms with Gasteiger partial charge in [0, 0.05) is 16.2 Å². The van der Waals surface area contributed by atoms with Gasteiger partial charge < -0.3 is 14.9 Å². The summed E-state index contributed by atoms with van der Waals surface area (Å²) in [4.78, 5) is 30.8. The molecule has 188 valence electrons. The van der Waals surface area contributed by atoms with Crippen LogP contribution in [0, 0.1) is 0 Å². The number of aliphatic hydroxyl groups excluding tert-OH is 1. The Morgan fingerprint density at radius 1 is 0.946 bits per heavy atom. The Labute approximate surface area is 217 Å². The second-order valence-corrected chi connectivity index (χ2v) is 10.2. The highest BCUT2D eigenvalue weighted by atomic mass is 32.2. The summed E-state index contributed by atoms with van der Waals surface area (Å²) in [6.07, 6.45) is -2.74. The van der Waals surface area contributed by atoms with Crippen LogP contribution in [-0.4, -0.2) is 62.8 Å². The van der Waals surface area contributed by atoms with Crippen LogP contribution < -0.4 is 0 Å². The van der Waals surface area contributed by atoms with E-state index >= 15 is 0 Å². The van der Waals surface area contributed by atoms with E-state index in [2.05, 4.69) is 10.0 Å². The number of rotatable bonds is 7. The highest BCUT2D eigenvalue weighted by Crippen LogP contribution is 2.42. The molecule has 1 saturated heterocycles. The lowest BCUT2D eigenvalue weighted by molar-refractivity contribution is -0.208. The number of nitrogens with zero attached hydrogens (tertiary/aromatic N) is 4. The monoisotopic (exact) mass is 516 g/mol. The minimum atomic E-state index is -1.94. The maximum absolute atomic E-state index is 13.0. The zero-order valence-corrected chi connectivity index (χ0v) is 20.4. The van der Waals surface area contributed by atoms with Gasteiger partial charge in [-0.15, -0.1) is 0 Å². The molecule has 0 spiro atoms. The van der Waals surface area contributed by atoms with E-state index < -0.39 is 41.1 Å². The van der Waals surface area contributed by atoms with E-state index in [1.165, 1.54) is 11.8 Å². The average Bonchev–Trinajstić information content (AvgIpc) is 3.15. The maximum atomic E-state index is 13.0. The van der Waals surface area contributed by atoms with Gasteiger partial charge in [-0.3, -0.25) is 14.5 Å². The normalized spacial score (nSPS) is 27.0. The fraction of sp³-hybridized carbons (Fsp3) is 0.259. The molecule has 2 aliphatic heterocycles. The number of aliphatic hydroxyl groups is 2. The van der Waals surface area contributed by atoms with E-state index in [0.717, 1.165) is 9.80 Å². The first-order valence-electron chi connectivity index (χ1n) is 11.7. The topological polar surface area (TPSA) is 136 Å². The summed E-state index contributed by atoms with van der Waals surface area (Å²) in [5.74, 6) is -0.986. The van der Waals surface area contributed by atoms with Crippen molar-refractivity contribution in [1.29, 1.82) is 0 Å². The molecule has 9 nitrogen and oxygen atoms in total. The molecule has 5 rings (SSSR count). The quantitative estimate of drug-likeness (QED) is 0.212. The zero-order valence-electron chi connectivity index (χ0n) is 19.6. The van der Waals surface area contributed by atoms with Crippen LogP contribution in [-0.2, 0) is 11.2 Å². The van der Waals surface area contributed by atoms with Crippen LogP contribution in [0.15, 0.2) is 94.9 Å². The SMILES string of the molecule is [N-]=[N+]=N[C@@H]1[C@H](Sc2ccccc2)O[C@H](CN2C(=O)c3ccccc3C2=O)[C@@H](O)[C@@]1(O)Cc1ccccc1. The van der Waals surface area contributed by atoms with Gasteiger partial charge in [-0.05, 0) is 35.4 Å². The molecule has 2 amide bonds. The van der Waals surface area contributed by atoms with Crippen molar-refractivity contribution in [3.05, 3.63) is 112 Å². The second-order valence-electron chi connectivity index (χ2n) is 8.99. The molecule has 2 N–H and O–H groups in total. The molecule has 3 aromatic carbocycles. The van der Waals surface area contributed by atoms with Gasteiger partial charge in [-0.25, -0.2) is 0 Å². The lowest BCUT2D eigenvalue weighted by Gasteiger charge is -2.49. The molecule has 10 heteroatoms. The number of ether oxygens (including phenoxy) is 1. The van der Waals surface area contributed by atoms with Crippen molar-refractivity contribution in [2.75, 3.05) is 6.54 Å². The van der Waals surface area contributed by atoms with Crippen molar-refractivity contribution in [3.63, 3.8) is 0 Å². The van der Waals surface area contributed by atoms with Gasteiger partial charge in [-0.1, -0.05) is 77.5 Å². The number of imide groups is 1. The first kappa shape index (κ1) is 25.0. The Balaban J connectivity index is 1.51. The van der Waals surface area contributed by atoms with E-state index in [4.69, 9.17) is 4.74 Å². The Morgan fingerprint density at radius 2 is 1.51 bits per heavy atom. The highest BCUT2D eigenvalue weighted by molar-refractivity contribution is 7.99. The lowest BCUT2D eigenvalue weighted by atomic mass is 9.78. The third kappa shape index (κ3) is 4.73. The molecule has 1 fully saturated rings. The minimum Gasteiger partial charge on any atom is -0.387 e. The van der Waals surface area contributed by atoms with Crippen LogP contribution in [0.2, 0.25) is 0 Å². The smallest absolute Gasteiger partial charge is 0.261 e. The van der Waals surface area contributed by atoms with Crippen molar-refractivity contribution >= 4 is 23.6 Å². The molecule has 5 atom stereocenters. The maximum Gasteiger partial charge on any atom is 0.261 e. The Morgan fingerprint density at radius 3 is 2.11 bits per heavy atom. The standard InChI is InChI=1S/C27H24N4O5S/c28-30-29-22-26(37-18-11-5-2-6-12-18)36-21(23(32)27(22,35)15-17-9-3-1-4-10-17)16-31-24(33)19-13-7-8-14-20(19)25(31)34/h1-14,21-23,26,32,35H,15-16H2/t21-,22-,23-,26+,27-/m1/s1. The van der Waals surface area contributed by atoms with Crippen molar-refractivity contribution in [2.45, 2.75) is 40.6 Å². The molecule has 0 saturated carbocycles. The Hall–Kier alpha value is -3.66. The van der Waals surface area contributed by atoms with Gasteiger partial charge in [0.15, 0.2) is 0 Å². The number of amides is 2. The fourth-order valence-electron chi connectivity index (χ4n) is 4.85. The third-order valence-electron chi connectivity index (χ3n) is 6.69. The van der Waals surface area contributed by atoms with Gasteiger partial charge in [0.2, 0.25) is 0 Å². The van der Waals surface area contributed by atoms with E-state index in [-0.39, 0.29) is 24.1 Å². The zero-order chi connectivity index (χ0) is 26.0. The number of carbonyl (C=O) groups excluding carboxylic acids is 2. The van der Waals surface area contributed by atoms with Gasteiger partial charge in [0.05, 0.1) is 17.7 Å². The molecule has 2 heterocycles. The lowest BCUT2D eigenvalue weighted by Crippen LogP contribution is -2.67. The summed E-state index contributed by atoms with van der Waals surface area (Å²) >= 11 is 1.23. The Kier molecular flexibility index (Phi) is 7.01. The van der Waals surface area contributed by atoms with E-state index in [1.807, 2.05) is 36.4 Å². The van der Waals surface area contributed by atoms with E-state index in [9.17, 15) is 25.3 Å². The number of thioether (sulfide) groups is 1. The van der Waals surface area contributed by atoms with Crippen LogP contribution in [0.4, 0.5) is 0 Å². The summed E-state index contributed by atoms with van der Waals surface area (Å²) in [6.45, 7) is -0.278. The van der Waals surface area contributed by atoms with E-state index in [0.29, 0.717) is 5.56 Å². The number of carbonyl (C=O) groups is 2. The van der Waals surface area contributed by atoms with E-state index in [1.54, 1.807) is 48.5 Å². The molecule has 2 aliphatic rings. The number of hydrogen-bond acceptors (Lipinski definition) is 7. The molecule has 0 aliphatic carbocycles. The molecule has 0 bridgehead atoms. The second kappa shape index (κ2) is 10.4. The number of azide groups is 1. The number of benzene rings is 3. The highest BCUT2D eigenvalue weighted by Gasteiger charge is 2.56. The summed E-state index contributed by atoms with van der Waals surface area (Å²) in [6, 6.07) is 23.6. The van der Waals surface area contributed by atoms with Crippen LogP contribution in [0.1, 0.15) is 26.3 Å². The predicted molar refractivity (Wildman–Crippen MR) is 137 cm³/mol. The minimum absolute atomic E-state index is 0.0352. The number of fused-ring (bicyclic) bond motifs is 1. The fourth-order valence-corrected chi connectivity index (χ4v) is 6.05. The average molecular weight is 517 g/mol. The summed E-state index contributed by atoms with van der Waals surface area (Å²) in [7, 11) is 0. The van der Waals surface area contributed by atoms with Crippen molar-refractivity contribution in [2.24, 2.45) is 5.11 Å². The van der Waals surface area contributed by atoms with Crippen molar-refractivity contribution in [3.8, 4) is 0 Å². The summed E-state index contributed by atoms with van der Waals surface area (Å²) < 4.78 is 6.20. The molecule has 0 radical (unpaired) electrons. The van der Waals surface area contributed by atoms with Gasteiger partial charge >= 0.3 is 0 Å². The van der Waals surface area contributed by atoms with Gasteiger partial charge in [0.25, 0.3) is 11.8 Å². The van der Waals surface area contributed by atoms with Crippen molar-refractivity contribution in [1.82, 2.24) is 4.90 Å². The summed E-state index contributed by atoms with van der Waals surface area (Å²) in [5.41, 5.74) is 7.78. The third-order valence-corrected chi connectivity index (χ3v) is 7.83. The predicted octanol–water partition coefficient (Wildman–Crippen LogP) is 3.81. The van der Waals surface area contributed by atoms with Crippen LogP contribution in [0.5, 0.6) is 0 Å². The Bertz CT molecular complexity index is 1320. The molecule has 3 aromatic rings. The van der Waals surface area contributed by atoms with Crippen LogP contribution >= 0.6 is 11.8 Å². The molecular weight excluding hydrogens is 492 g/mol. The van der Waals surface area contributed by atoms with Crippen molar-refractivity contribution < 1.29 is 24.5 Å². The molecule has 0 unspecified atom stereocenters. The molecule has 37 heavy (non-hydrogen) atoms. The van der Waals surface area contributed by atoms with Gasteiger partial charge in [-0.2, -0.15) is 0 Å². The van der Waals surface area contributed by atoms with Crippen LogP contribution in [0.25, 0.3) is 10.4 Å².